The molecule has 0 aliphatic carbocycles. The molecule has 0 aromatic heterocycles. The van der Waals surface area contributed by atoms with Gasteiger partial charge in [-0.1, -0.05) is 6.92 Å². The lowest BCUT2D eigenvalue weighted by molar-refractivity contribution is 0.281. The zero-order valence-electron chi connectivity index (χ0n) is 11.0. The highest BCUT2D eigenvalue weighted by Gasteiger charge is 2.28. The molecule has 1 saturated heterocycles. The molecule has 2 N–H and O–H groups in total. The Morgan fingerprint density at radius 3 is 2.84 bits per heavy atom. The van der Waals surface area contributed by atoms with E-state index in [0.29, 0.717) is 19.0 Å². The zero-order valence-corrected chi connectivity index (χ0v) is 11.8. The molecular weight excluding hydrogens is 267 g/mol. The van der Waals surface area contributed by atoms with E-state index < -0.39 is 15.8 Å². The molecule has 1 aromatic carbocycles. The molecule has 1 aliphatic heterocycles. The Morgan fingerprint density at radius 2 is 2.21 bits per heavy atom. The van der Waals surface area contributed by atoms with Crippen molar-refractivity contribution < 1.29 is 12.8 Å². The highest BCUT2D eigenvalue weighted by molar-refractivity contribution is 7.89. The Labute approximate surface area is 113 Å². The first-order chi connectivity index (χ1) is 8.95. The van der Waals surface area contributed by atoms with Crippen molar-refractivity contribution in [3.05, 3.63) is 29.6 Å². The van der Waals surface area contributed by atoms with Gasteiger partial charge in [-0.05, 0) is 37.0 Å². The van der Waals surface area contributed by atoms with Gasteiger partial charge in [0.2, 0.25) is 10.0 Å². The molecule has 2 rings (SSSR count). The van der Waals surface area contributed by atoms with Crippen LogP contribution in [0, 0.1) is 11.7 Å². The Morgan fingerprint density at radius 1 is 1.47 bits per heavy atom. The van der Waals surface area contributed by atoms with E-state index in [1.54, 1.807) is 0 Å². The van der Waals surface area contributed by atoms with E-state index in [-0.39, 0.29) is 17.0 Å². The molecule has 0 bridgehead atoms. The van der Waals surface area contributed by atoms with Gasteiger partial charge in [0.1, 0.15) is 5.82 Å². The second-order valence-electron chi connectivity index (χ2n) is 5.07. The van der Waals surface area contributed by atoms with Crippen LogP contribution in [-0.2, 0) is 16.6 Å². The van der Waals surface area contributed by atoms with Gasteiger partial charge in [0.25, 0.3) is 0 Å². The Hall–Kier alpha value is -0.980. The first kappa shape index (κ1) is 14.4. The summed E-state index contributed by atoms with van der Waals surface area (Å²) in [5.41, 5.74) is 5.64. The summed E-state index contributed by atoms with van der Waals surface area (Å²) in [5.74, 6) is -0.105. The molecule has 1 atom stereocenters. The maximum Gasteiger partial charge on any atom is 0.243 e. The maximum absolute atomic E-state index is 13.4. The molecule has 1 aliphatic rings. The van der Waals surface area contributed by atoms with E-state index in [1.807, 2.05) is 6.92 Å². The monoisotopic (exact) mass is 286 g/mol. The largest absolute Gasteiger partial charge is 0.326 e. The molecule has 1 fully saturated rings. The summed E-state index contributed by atoms with van der Waals surface area (Å²) in [6, 6.07) is 3.81. The summed E-state index contributed by atoms with van der Waals surface area (Å²) in [7, 11) is -3.53. The van der Waals surface area contributed by atoms with E-state index in [1.165, 1.54) is 22.5 Å². The van der Waals surface area contributed by atoms with Gasteiger partial charge < -0.3 is 5.73 Å². The van der Waals surface area contributed by atoms with Crippen LogP contribution in [0.4, 0.5) is 4.39 Å². The number of hydrogen-bond acceptors (Lipinski definition) is 3. The molecule has 6 heteroatoms. The fourth-order valence-corrected chi connectivity index (χ4v) is 4.03. The van der Waals surface area contributed by atoms with Gasteiger partial charge in [-0.15, -0.1) is 0 Å². The standard InChI is InChI=1S/C13H19FN2O2S/c1-10-3-2-6-16(9-10)19(17,18)12-4-5-13(14)11(7-12)8-15/h4-5,7,10H,2-3,6,8-9,15H2,1H3. The SMILES string of the molecule is CC1CCCN(S(=O)(=O)c2ccc(F)c(CN)c2)C1. The zero-order chi connectivity index (χ0) is 14.0. The van der Waals surface area contributed by atoms with Crippen LogP contribution in [0.25, 0.3) is 0 Å². The summed E-state index contributed by atoms with van der Waals surface area (Å²) in [5, 5.41) is 0. The number of benzene rings is 1. The highest BCUT2D eigenvalue weighted by Crippen LogP contribution is 2.24. The van der Waals surface area contributed by atoms with Crippen molar-refractivity contribution in [2.45, 2.75) is 31.2 Å². The highest BCUT2D eigenvalue weighted by atomic mass is 32.2. The average molecular weight is 286 g/mol. The molecule has 19 heavy (non-hydrogen) atoms. The third-order valence-electron chi connectivity index (χ3n) is 3.49. The molecule has 1 heterocycles. The van der Waals surface area contributed by atoms with Crippen LogP contribution in [0.3, 0.4) is 0 Å². The van der Waals surface area contributed by atoms with Gasteiger partial charge in [0.15, 0.2) is 0 Å². The number of nitrogens with zero attached hydrogens (tertiary/aromatic N) is 1. The first-order valence-electron chi connectivity index (χ1n) is 6.44. The maximum atomic E-state index is 13.4. The Balaban J connectivity index is 2.33. The molecule has 106 valence electrons. The molecule has 4 nitrogen and oxygen atoms in total. The topological polar surface area (TPSA) is 63.4 Å². The Kier molecular flexibility index (Phi) is 4.23. The minimum absolute atomic E-state index is 0.00834. The lowest BCUT2D eigenvalue weighted by Crippen LogP contribution is -2.39. The summed E-state index contributed by atoms with van der Waals surface area (Å²) in [6.07, 6.45) is 1.91. The number of nitrogens with two attached hydrogens (primary N) is 1. The summed E-state index contributed by atoms with van der Waals surface area (Å²) < 4.78 is 39.8. The summed E-state index contributed by atoms with van der Waals surface area (Å²) in [4.78, 5) is 0.128. The normalized spacial score (nSPS) is 21.5. The molecule has 0 spiro atoms. The van der Waals surface area contributed by atoms with Crippen molar-refractivity contribution in [2.24, 2.45) is 11.7 Å². The van der Waals surface area contributed by atoms with E-state index in [0.717, 1.165) is 12.8 Å². The van der Waals surface area contributed by atoms with Gasteiger partial charge in [0, 0.05) is 25.2 Å². The van der Waals surface area contributed by atoms with Crippen LogP contribution < -0.4 is 5.73 Å². The van der Waals surface area contributed by atoms with Crippen molar-refractivity contribution in [3.63, 3.8) is 0 Å². The number of piperidine rings is 1. The molecule has 1 unspecified atom stereocenters. The van der Waals surface area contributed by atoms with Crippen LogP contribution in [0.15, 0.2) is 23.1 Å². The molecule has 0 amide bonds. The van der Waals surface area contributed by atoms with Crippen LogP contribution in [0.5, 0.6) is 0 Å². The van der Waals surface area contributed by atoms with Crippen molar-refractivity contribution in [3.8, 4) is 0 Å². The number of sulfonamides is 1. The number of rotatable bonds is 3. The Bertz CT molecular complexity index is 560. The predicted molar refractivity (Wildman–Crippen MR) is 71.4 cm³/mol. The van der Waals surface area contributed by atoms with E-state index in [4.69, 9.17) is 5.73 Å². The van der Waals surface area contributed by atoms with E-state index in [9.17, 15) is 12.8 Å². The lowest BCUT2D eigenvalue weighted by Gasteiger charge is -2.30. The quantitative estimate of drug-likeness (QED) is 0.920. The summed E-state index contributed by atoms with van der Waals surface area (Å²) >= 11 is 0. The van der Waals surface area contributed by atoms with Crippen LogP contribution in [0.1, 0.15) is 25.3 Å². The number of hydrogen-bond donors (Lipinski definition) is 1. The lowest BCUT2D eigenvalue weighted by atomic mass is 10.0. The molecule has 0 radical (unpaired) electrons. The third-order valence-corrected chi connectivity index (χ3v) is 5.36. The van der Waals surface area contributed by atoms with Crippen molar-refractivity contribution in [1.29, 1.82) is 0 Å². The van der Waals surface area contributed by atoms with Gasteiger partial charge in [0.05, 0.1) is 4.90 Å². The van der Waals surface area contributed by atoms with Crippen LogP contribution >= 0.6 is 0 Å². The second kappa shape index (κ2) is 5.56. The van der Waals surface area contributed by atoms with Gasteiger partial charge in [-0.3, -0.25) is 0 Å². The fourth-order valence-electron chi connectivity index (χ4n) is 2.38. The average Bonchev–Trinajstić information content (AvgIpc) is 2.39. The second-order valence-corrected chi connectivity index (χ2v) is 7.01. The molecule has 1 aromatic rings. The van der Waals surface area contributed by atoms with Crippen molar-refractivity contribution in [1.82, 2.24) is 4.31 Å². The van der Waals surface area contributed by atoms with Crippen LogP contribution in [-0.4, -0.2) is 25.8 Å². The summed E-state index contributed by atoms with van der Waals surface area (Å²) in [6.45, 7) is 3.09. The predicted octanol–water partition coefficient (Wildman–Crippen LogP) is 1.71. The third kappa shape index (κ3) is 2.96. The van der Waals surface area contributed by atoms with Crippen molar-refractivity contribution >= 4 is 10.0 Å². The van der Waals surface area contributed by atoms with E-state index >= 15 is 0 Å². The molecule has 0 saturated carbocycles. The minimum Gasteiger partial charge on any atom is -0.326 e. The fraction of sp³-hybridized carbons (Fsp3) is 0.538. The van der Waals surface area contributed by atoms with Crippen molar-refractivity contribution in [2.75, 3.05) is 13.1 Å². The van der Waals surface area contributed by atoms with Gasteiger partial charge >= 0.3 is 0 Å². The molecular formula is C13H19FN2O2S. The van der Waals surface area contributed by atoms with Gasteiger partial charge in [-0.25, -0.2) is 12.8 Å². The smallest absolute Gasteiger partial charge is 0.243 e. The van der Waals surface area contributed by atoms with Gasteiger partial charge in [-0.2, -0.15) is 4.31 Å². The number of halogens is 1. The van der Waals surface area contributed by atoms with E-state index in [2.05, 4.69) is 0 Å². The first-order valence-corrected chi connectivity index (χ1v) is 7.88. The minimum atomic E-state index is -3.53. The van der Waals surface area contributed by atoms with Crippen LogP contribution in [0.2, 0.25) is 0 Å².